The molecule has 11 heavy (non-hydrogen) atoms. The maximum atomic E-state index is 9.92. The van der Waals surface area contributed by atoms with E-state index in [1.807, 2.05) is 7.05 Å². The van der Waals surface area contributed by atoms with Gasteiger partial charge in [0.05, 0.1) is 0 Å². The maximum Gasteiger partial charge on any atom is 0.294 e. The van der Waals surface area contributed by atoms with Crippen molar-refractivity contribution in [2.24, 2.45) is 0 Å². The van der Waals surface area contributed by atoms with Gasteiger partial charge in [0, 0.05) is 0 Å². The zero-order chi connectivity index (χ0) is 8.27. The molecule has 0 spiro atoms. The minimum absolute atomic E-state index is 0.179. The number of hydrogen-bond donors (Lipinski definition) is 0. The molecule has 0 atom stereocenters. The first-order valence-corrected chi connectivity index (χ1v) is 3.68. The van der Waals surface area contributed by atoms with Crippen molar-refractivity contribution < 1.29 is 9.92 Å². The lowest BCUT2D eigenvalue weighted by Gasteiger charge is -2.26. The van der Waals surface area contributed by atoms with Crippen molar-refractivity contribution in [2.45, 2.75) is 18.9 Å². The van der Waals surface area contributed by atoms with Crippen molar-refractivity contribution in [3.8, 4) is 0 Å². The smallest absolute Gasteiger partial charge is 0.294 e. The normalized spacial score (nSPS) is 21.5. The van der Waals surface area contributed by atoms with E-state index in [0.717, 1.165) is 25.9 Å². The van der Waals surface area contributed by atoms with E-state index in [4.69, 9.17) is 0 Å². The summed E-state index contributed by atoms with van der Waals surface area (Å²) >= 11 is 0. The van der Waals surface area contributed by atoms with Gasteiger partial charge in [-0.25, -0.2) is 0 Å². The molecule has 5 nitrogen and oxygen atoms in total. The first-order chi connectivity index (χ1) is 5.18. The Balaban J connectivity index is 2.22. The average Bonchev–Trinajstić information content (AvgIpc) is 1.93. The van der Waals surface area contributed by atoms with Crippen molar-refractivity contribution in [3.63, 3.8) is 0 Å². The highest BCUT2D eigenvalue weighted by atomic mass is 17.0. The molecule has 0 unspecified atom stereocenters. The van der Waals surface area contributed by atoms with Crippen LogP contribution in [0.5, 0.6) is 0 Å². The van der Waals surface area contributed by atoms with Gasteiger partial charge in [-0.2, -0.15) is 0 Å². The summed E-state index contributed by atoms with van der Waals surface area (Å²) in [6, 6.07) is 0. The van der Waals surface area contributed by atoms with Crippen molar-refractivity contribution in [1.29, 1.82) is 0 Å². The molecule has 0 aromatic rings. The van der Waals surface area contributed by atoms with Crippen molar-refractivity contribution in [1.82, 2.24) is 4.90 Å². The Hall–Kier alpha value is -0.840. The second kappa shape index (κ2) is 3.52. The van der Waals surface area contributed by atoms with Crippen LogP contribution in [0.15, 0.2) is 0 Å². The molecule has 1 saturated heterocycles. The van der Waals surface area contributed by atoms with Crippen molar-refractivity contribution >= 4 is 0 Å². The molecular weight excluding hydrogens is 148 g/mol. The van der Waals surface area contributed by atoms with Crippen LogP contribution in [0.2, 0.25) is 0 Å². The molecule has 64 valence electrons. The first-order valence-electron chi connectivity index (χ1n) is 3.68. The molecule has 0 bridgehead atoms. The molecule has 0 radical (unpaired) electrons. The molecule has 1 heterocycles. The first kappa shape index (κ1) is 8.26. The summed E-state index contributed by atoms with van der Waals surface area (Å²) in [6.07, 6.45) is 1.34. The van der Waals surface area contributed by atoms with E-state index in [-0.39, 0.29) is 6.10 Å². The van der Waals surface area contributed by atoms with Gasteiger partial charge in [0.25, 0.3) is 5.09 Å². The van der Waals surface area contributed by atoms with E-state index in [1.165, 1.54) is 0 Å². The van der Waals surface area contributed by atoms with E-state index in [2.05, 4.69) is 9.74 Å². The summed E-state index contributed by atoms with van der Waals surface area (Å²) in [5.74, 6) is 0. The fourth-order valence-corrected chi connectivity index (χ4v) is 1.21. The van der Waals surface area contributed by atoms with Gasteiger partial charge < -0.3 is 9.74 Å². The van der Waals surface area contributed by atoms with E-state index >= 15 is 0 Å². The molecule has 1 rings (SSSR count). The van der Waals surface area contributed by atoms with Crippen LogP contribution < -0.4 is 0 Å². The highest BCUT2D eigenvalue weighted by Crippen LogP contribution is 2.11. The molecule has 0 aromatic heterocycles. The molecule has 1 aliphatic heterocycles. The molecule has 0 aliphatic carbocycles. The summed E-state index contributed by atoms with van der Waals surface area (Å²) in [5.41, 5.74) is 0. The number of likely N-dealkylation sites (tertiary alicyclic amines) is 1. The summed E-state index contributed by atoms with van der Waals surface area (Å²) in [6.45, 7) is 1.77. The molecule has 0 saturated carbocycles. The highest BCUT2D eigenvalue weighted by molar-refractivity contribution is 4.68. The Labute approximate surface area is 65.0 Å². The van der Waals surface area contributed by atoms with Crippen LogP contribution >= 0.6 is 0 Å². The van der Waals surface area contributed by atoms with Gasteiger partial charge in [0.2, 0.25) is 0 Å². The largest absolute Gasteiger partial charge is 0.310 e. The van der Waals surface area contributed by atoms with Gasteiger partial charge in [0.15, 0.2) is 0 Å². The Kier molecular flexibility index (Phi) is 2.64. The minimum Gasteiger partial charge on any atom is -0.310 e. The molecule has 0 N–H and O–H groups in total. The van der Waals surface area contributed by atoms with E-state index in [0.29, 0.717) is 0 Å². The quantitative estimate of drug-likeness (QED) is 0.430. The number of hydrogen-bond acceptors (Lipinski definition) is 4. The number of rotatable bonds is 2. The third-order valence-electron chi connectivity index (χ3n) is 1.90. The topological polar surface area (TPSA) is 55.6 Å². The zero-order valence-corrected chi connectivity index (χ0v) is 6.52. The summed E-state index contributed by atoms with van der Waals surface area (Å²) < 4.78 is 0. The Morgan fingerprint density at radius 1 is 1.55 bits per heavy atom. The second-order valence-corrected chi connectivity index (χ2v) is 2.83. The fourth-order valence-electron chi connectivity index (χ4n) is 1.21. The lowest BCUT2D eigenvalue weighted by molar-refractivity contribution is -0.769. The Morgan fingerprint density at radius 3 is 2.55 bits per heavy atom. The molecule has 1 aliphatic rings. The molecule has 0 aromatic carbocycles. The van der Waals surface area contributed by atoms with Gasteiger partial charge in [-0.1, -0.05) is 0 Å². The summed E-state index contributed by atoms with van der Waals surface area (Å²) in [5, 5.41) is 9.22. The maximum absolute atomic E-state index is 9.92. The minimum atomic E-state index is -0.698. The zero-order valence-electron chi connectivity index (χ0n) is 6.52. The standard InChI is InChI=1S/C6H12N2O3/c1-7-4-2-6(3-5-7)11-8(9)10/h6H,2-5H2,1H3. The Morgan fingerprint density at radius 2 is 2.09 bits per heavy atom. The van der Waals surface area contributed by atoms with Gasteiger partial charge in [-0.3, -0.25) is 0 Å². The molecular formula is C6H12N2O3. The van der Waals surface area contributed by atoms with Crippen LogP contribution in [-0.4, -0.2) is 36.2 Å². The van der Waals surface area contributed by atoms with E-state index in [1.54, 1.807) is 0 Å². The van der Waals surface area contributed by atoms with Gasteiger partial charge >= 0.3 is 0 Å². The van der Waals surface area contributed by atoms with Crippen LogP contribution in [0.4, 0.5) is 0 Å². The lowest BCUT2D eigenvalue weighted by atomic mass is 10.1. The Bertz CT molecular complexity index is 143. The molecule has 0 amide bonds. The summed E-state index contributed by atoms with van der Waals surface area (Å²) in [4.78, 5) is 16.5. The van der Waals surface area contributed by atoms with Gasteiger partial charge in [-0.15, -0.1) is 10.1 Å². The third kappa shape index (κ3) is 2.71. The van der Waals surface area contributed by atoms with Gasteiger partial charge in [-0.05, 0) is 33.0 Å². The van der Waals surface area contributed by atoms with Crippen molar-refractivity contribution in [3.05, 3.63) is 10.1 Å². The van der Waals surface area contributed by atoms with Crippen LogP contribution in [0.1, 0.15) is 12.8 Å². The monoisotopic (exact) mass is 160 g/mol. The SMILES string of the molecule is CN1CCC(O[N+](=O)[O-])CC1. The average molecular weight is 160 g/mol. The van der Waals surface area contributed by atoms with Crippen molar-refractivity contribution in [2.75, 3.05) is 20.1 Å². The molecule has 5 heteroatoms. The highest BCUT2D eigenvalue weighted by Gasteiger charge is 2.19. The predicted octanol–water partition coefficient (Wildman–Crippen LogP) is 0.289. The van der Waals surface area contributed by atoms with Crippen LogP contribution in [0.3, 0.4) is 0 Å². The third-order valence-corrected chi connectivity index (χ3v) is 1.90. The predicted molar refractivity (Wildman–Crippen MR) is 38.6 cm³/mol. The van der Waals surface area contributed by atoms with Gasteiger partial charge in [0.1, 0.15) is 6.10 Å². The number of nitrogens with zero attached hydrogens (tertiary/aromatic N) is 2. The summed E-state index contributed by atoms with van der Waals surface area (Å²) in [7, 11) is 2.00. The van der Waals surface area contributed by atoms with Crippen LogP contribution in [0, 0.1) is 10.1 Å². The number of piperidine rings is 1. The fraction of sp³-hybridized carbons (Fsp3) is 1.00. The van der Waals surface area contributed by atoms with Crippen LogP contribution in [-0.2, 0) is 4.84 Å². The second-order valence-electron chi connectivity index (χ2n) is 2.83. The molecule has 1 fully saturated rings. The van der Waals surface area contributed by atoms with Crippen LogP contribution in [0.25, 0.3) is 0 Å². The van der Waals surface area contributed by atoms with E-state index < -0.39 is 5.09 Å². The lowest BCUT2D eigenvalue weighted by Crippen LogP contribution is -2.35. The van der Waals surface area contributed by atoms with E-state index in [9.17, 15) is 10.1 Å².